The van der Waals surface area contributed by atoms with Crippen molar-refractivity contribution >= 4 is 10.8 Å². The molecule has 9 aromatic carbocycles. The summed E-state index contributed by atoms with van der Waals surface area (Å²) < 4.78 is 0. The maximum absolute atomic E-state index is 8.41. The van der Waals surface area contributed by atoms with Crippen LogP contribution in [-0.2, 0) is 11.8 Å². The molecule has 0 heterocycles. The van der Waals surface area contributed by atoms with Crippen LogP contribution < -0.4 is 0 Å². The molecule has 0 aliphatic heterocycles. The highest BCUT2D eigenvalue weighted by molar-refractivity contribution is 6.03. The number of rotatable bonds is 6. The maximum Gasteiger partial charge on any atom is 0.0991 e. The van der Waals surface area contributed by atoms with Gasteiger partial charge >= 0.3 is 0 Å². The molecule has 0 bridgehead atoms. The van der Waals surface area contributed by atoms with Gasteiger partial charge < -0.3 is 0 Å². The quantitative estimate of drug-likeness (QED) is 0.163. The molecule has 0 N–H and O–H groups in total. The molecular formula is C70H75N. The first-order chi connectivity index (χ1) is 34.2. The van der Waals surface area contributed by atoms with Crippen LogP contribution in [0.2, 0.25) is 0 Å². The first-order valence-corrected chi connectivity index (χ1v) is 25.6. The molecule has 1 aliphatic rings. The Morgan fingerprint density at radius 2 is 1.01 bits per heavy atom. The van der Waals surface area contributed by atoms with E-state index < -0.39 is 0 Å². The number of fused-ring (bicyclic) bond motifs is 5. The summed E-state index contributed by atoms with van der Waals surface area (Å²) in [5.41, 5.74) is 23.0. The van der Waals surface area contributed by atoms with Gasteiger partial charge in [-0.2, -0.15) is 5.26 Å². The van der Waals surface area contributed by atoms with E-state index in [2.05, 4.69) is 240 Å². The van der Waals surface area contributed by atoms with E-state index in [0.717, 1.165) is 17.5 Å². The summed E-state index contributed by atoms with van der Waals surface area (Å²) in [5, 5.41) is 11.2. The number of hydrogen-bond acceptors (Lipinski definition) is 1. The predicted molar refractivity (Wildman–Crippen MR) is 309 cm³/mol. The lowest BCUT2D eigenvalue weighted by molar-refractivity contribution is 0.659. The first-order valence-electron chi connectivity index (χ1n) is 25.6. The Labute approximate surface area is 427 Å². The third-order valence-corrected chi connectivity index (χ3v) is 14.0. The van der Waals surface area contributed by atoms with Crippen LogP contribution >= 0.6 is 0 Å². The molecule has 1 aliphatic carbocycles. The van der Waals surface area contributed by atoms with Crippen LogP contribution in [0.5, 0.6) is 0 Å². The van der Waals surface area contributed by atoms with Crippen molar-refractivity contribution in [1.82, 2.24) is 0 Å². The Bertz CT molecular complexity index is 3180. The molecule has 360 valence electrons. The van der Waals surface area contributed by atoms with E-state index in [-0.39, 0.29) is 5.41 Å². The van der Waals surface area contributed by atoms with Gasteiger partial charge in [-0.3, -0.25) is 0 Å². The molecule has 0 saturated heterocycles. The topological polar surface area (TPSA) is 23.8 Å². The second-order valence-electron chi connectivity index (χ2n) is 19.9. The average Bonchev–Trinajstić information content (AvgIpc) is 3.61. The van der Waals surface area contributed by atoms with Gasteiger partial charge in [0.1, 0.15) is 0 Å². The van der Waals surface area contributed by atoms with Crippen LogP contribution in [0, 0.1) is 45.9 Å². The zero-order valence-electron chi connectivity index (χ0n) is 44.6. The largest absolute Gasteiger partial charge is 0.192 e. The predicted octanol–water partition coefficient (Wildman–Crippen LogP) is 19.8. The molecular weight excluding hydrogens is 855 g/mol. The number of aryl methyl sites for hydroxylation is 5. The Kier molecular flexibility index (Phi) is 18.7. The fraction of sp³-hybridized carbons (Fsp3) is 0.243. The zero-order valence-corrected chi connectivity index (χ0v) is 44.6. The summed E-state index contributed by atoms with van der Waals surface area (Å²) in [4.78, 5) is 0. The minimum absolute atomic E-state index is 0.0888. The van der Waals surface area contributed by atoms with Crippen LogP contribution in [0.25, 0.3) is 44.2 Å². The van der Waals surface area contributed by atoms with Crippen molar-refractivity contribution in [3.8, 4) is 39.4 Å². The van der Waals surface area contributed by atoms with Crippen molar-refractivity contribution in [1.29, 1.82) is 5.26 Å². The van der Waals surface area contributed by atoms with E-state index in [1.54, 1.807) is 6.07 Å². The molecule has 0 aromatic heterocycles. The highest BCUT2D eigenvalue weighted by atomic mass is 14.4. The number of nitriles is 1. The number of benzene rings is 9. The molecule has 0 radical (unpaired) electrons. The fourth-order valence-electron chi connectivity index (χ4n) is 9.76. The second kappa shape index (κ2) is 25.0. The van der Waals surface area contributed by atoms with Crippen LogP contribution in [0.4, 0.5) is 0 Å². The fourth-order valence-corrected chi connectivity index (χ4v) is 9.76. The lowest BCUT2D eigenvalue weighted by Gasteiger charge is -2.22. The normalized spacial score (nSPS) is 11.9. The van der Waals surface area contributed by atoms with Crippen molar-refractivity contribution in [2.75, 3.05) is 0 Å². The monoisotopic (exact) mass is 930 g/mol. The lowest BCUT2D eigenvalue weighted by Crippen LogP contribution is -2.15. The Morgan fingerprint density at radius 1 is 0.465 bits per heavy atom. The second-order valence-corrected chi connectivity index (χ2v) is 19.9. The summed E-state index contributed by atoms with van der Waals surface area (Å²) >= 11 is 0. The standard InChI is InChI=1S/C21H20.C19H24.C15H16.C8H7N.C7H8/c1-13-9-10-17-18(11-13)21(3,4)19-12-14(2)15-7-5-6-8-16(15)20(17)19;1-5-14(3)17-11-7-8-12-19(17)18-13-9-10-16(6-2)15(18)4;1-12(2)14-10-6-7-11-15(14)13-8-4-3-5-9-13;1-7-3-2-4-8(5-7)6-9;1-7-5-3-2-4-6-7/h5-12H,1-4H3;7-14H,5-6H2,1-4H3;3-12H,1-2H3;2-5H,1H3;2-6H,1H3. The van der Waals surface area contributed by atoms with Gasteiger partial charge in [0, 0.05) is 5.41 Å². The van der Waals surface area contributed by atoms with Crippen molar-refractivity contribution < 1.29 is 0 Å². The summed E-state index contributed by atoms with van der Waals surface area (Å²) in [6.07, 6.45) is 2.29. The lowest BCUT2D eigenvalue weighted by atomic mass is 9.81. The molecule has 9 aromatic rings. The van der Waals surface area contributed by atoms with Gasteiger partial charge in [-0.05, 0) is 160 Å². The molecule has 71 heavy (non-hydrogen) atoms. The highest BCUT2D eigenvalue weighted by Crippen LogP contribution is 2.52. The van der Waals surface area contributed by atoms with E-state index >= 15 is 0 Å². The molecule has 0 fully saturated rings. The van der Waals surface area contributed by atoms with Crippen LogP contribution in [0.1, 0.15) is 128 Å². The molecule has 0 amide bonds. The molecule has 1 unspecified atom stereocenters. The molecule has 1 nitrogen and oxygen atoms in total. The Hall–Kier alpha value is -7.27. The van der Waals surface area contributed by atoms with E-state index in [0.29, 0.717) is 11.8 Å². The summed E-state index contributed by atoms with van der Waals surface area (Å²) in [6, 6.07) is 72.7. The molecule has 1 heteroatoms. The summed E-state index contributed by atoms with van der Waals surface area (Å²) in [6.45, 7) is 26.7. The van der Waals surface area contributed by atoms with Gasteiger partial charge in [-0.25, -0.2) is 0 Å². The van der Waals surface area contributed by atoms with Crippen molar-refractivity contribution in [3.05, 3.63) is 261 Å². The van der Waals surface area contributed by atoms with Crippen LogP contribution in [0.15, 0.2) is 200 Å². The maximum atomic E-state index is 8.41. The smallest absolute Gasteiger partial charge is 0.0991 e. The zero-order chi connectivity index (χ0) is 51.1. The van der Waals surface area contributed by atoms with Crippen LogP contribution in [-0.4, -0.2) is 0 Å². The number of hydrogen-bond donors (Lipinski definition) is 0. The van der Waals surface area contributed by atoms with Gasteiger partial charge in [0.05, 0.1) is 11.6 Å². The molecule has 0 spiro atoms. The summed E-state index contributed by atoms with van der Waals surface area (Å²) in [5.74, 6) is 1.18. The average molecular weight is 930 g/mol. The van der Waals surface area contributed by atoms with Gasteiger partial charge in [-0.1, -0.05) is 248 Å². The van der Waals surface area contributed by atoms with E-state index in [1.165, 1.54) is 101 Å². The van der Waals surface area contributed by atoms with Gasteiger partial charge in [0.2, 0.25) is 0 Å². The van der Waals surface area contributed by atoms with Gasteiger partial charge in [-0.15, -0.1) is 0 Å². The van der Waals surface area contributed by atoms with Crippen molar-refractivity contribution in [2.24, 2.45) is 0 Å². The molecule has 1 atom stereocenters. The Balaban J connectivity index is 0.000000153. The molecule has 10 rings (SSSR count). The van der Waals surface area contributed by atoms with E-state index in [1.807, 2.05) is 43.3 Å². The Morgan fingerprint density at radius 3 is 1.61 bits per heavy atom. The molecule has 0 saturated carbocycles. The minimum atomic E-state index is 0.0888. The number of nitrogens with zero attached hydrogens (tertiary/aromatic N) is 1. The van der Waals surface area contributed by atoms with Crippen molar-refractivity contribution in [3.63, 3.8) is 0 Å². The van der Waals surface area contributed by atoms with Crippen LogP contribution in [0.3, 0.4) is 0 Å². The summed E-state index contributed by atoms with van der Waals surface area (Å²) in [7, 11) is 0. The highest BCUT2D eigenvalue weighted by Gasteiger charge is 2.36. The van der Waals surface area contributed by atoms with Gasteiger partial charge in [0.25, 0.3) is 0 Å². The third-order valence-electron chi connectivity index (χ3n) is 14.0. The minimum Gasteiger partial charge on any atom is -0.192 e. The first kappa shape index (κ1) is 53.1. The SMILES string of the molecule is CC(C)c1ccccc1-c1ccccc1.CCc1cccc(-c2ccccc2C(C)CC)c1C.Cc1ccc2c(c1)C(C)(C)c1cc(C)c3ccccc3c1-2.Cc1cccc(C#N)c1.Cc1ccccc1. The van der Waals surface area contributed by atoms with Crippen molar-refractivity contribution in [2.45, 2.75) is 113 Å². The van der Waals surface area contributed by atoms with E-state index in [4.69, 9.17) is 5.26 Å². The van der Waals surface area contributed by atoms with Gasteiger partial charge in [0.15, 0.2) is 0 Å². The van der Waals surface area contributed by atoms with E-state index in [9.17, 15) is 0 Å². The third kappa shape index (κ3) is 13.1.